The van der Waals surface area contributed by atoms with Gasteiger partial charge in [-0.05, 0) is 37.6 Å². The van der Waals surface area contributed by atoms with Crippen LogP contribution in [-0.2, 0) is 10.0 Å². The third-order valence-electron chi connectivity index (χ3n) is 3.13. The van der Waals surface area contributed by atoms with Gasteiger partial charge in [-0.2, -0.15) is 4.31 Å². The molecule has 1 unspecified atom stereocenters. The highest BCUT2D eigenvalue weighted by Gasteiger charge is 2.24. The number of rotatable bonds is 4. The lowest BCUT2D eigenvalue weighted by Crippen LogP contribution is -2.31. The highest BCUT2D eigenvalue weighted by atomic mass is 35.5. The molecule has 0 aliphatic rings. The van der Waals surface area contributed by atoms with Gasteiger partial charge in [0, 0.05) is 30.6 Å². The summed E-state index contributed by atoms with van der Waals surface area (Å²) in [6, 6.07) is 6.93. The zero-order valence-corrected chi connectivity index (χ0v) is 13.2. The van der Waals surface area contributed by atoms with E-state index in [1.165, 1.54) is 11.4 Å². The van der Waals surface area contributed by atoms with Gasteiger partial charge in [-0.15, -0.1) is 11.6 Å². The third kappa shape index (κ3) is 2.80. The van der Waals surface area contributed by atoms with Crippen LogP contribution in [0.1, 0.15) is 12.5 Å². The van der Waals surface area contributed by atoms with Crippen molar-refractivity contribution in [1.29, 1.82) is 0 Å². The summed E-state index contributed by atoms with van der Waals surface area (Å²) in [5.41, 5.74) is 1.66. The molecule has 0 radical (unpaired) electrons. The molecule has 0 aliphatic heterocycles. The van der Waals surface area contributed by atoms with Crippen LogP contribution < -0.4 is 0 Å². The van der Waals surface area contributed by atoms with Crippen LogP contribution in [-0.4, -0.2) is 36.7 Å². The predicted molar refractivity (Wildman–Crippen MR) is 81.6 cm³/mol. The summed E-state index contributed by atoms with van der Waals surface area (Å²) in [7, 11) is -2.03. The van der Waals surface area contributed by atoms with Crippen molar-refractivity contribution < 1.29 is 8.42 Å². The molecule has 0 bridgehead atoms. The average Bonchev–Trinajstić information content (AvgIpc) is 2.38. The first kappa shape index (κ1) is 15.2. The highest BCUT2D eigenvalue weighted by Crippen LogP contribution is 2.26. The number of hydrogen-bond donors (Lipinski definition) is 0. The van der Waals surface area contributed by atoms with Crippen LogP contribution in [0.3, 0.4) is 0 Å². The number of hydrogen-bond acceptors (Lipinski definition) is 3. The zero-order chi connectivity index (χ0) is 14.9. The maximum Gasteiger partial charge on any atom is 0.243 e. The number of sulfonamides is 1. The molecule has 4 nitrogen and oxygen atoms in total. The number of halogens is 1. The minimum Gasteiger partial charge on any atom is -0.256 e. The first-order chi connectivity index (χ1) is 9.34. The molecule has 0 spiro atoms. The monoisotopic (exact) mass is 312 g/mol. The molecule has 1 heterocycles. The molecule has 0 aliphatic carbocycles. The summed E-state index contributed by atoms with van der Waals surface area (Å²) in [6.45, 7) is 3.94. The second kappa shape index (κ2) is 5.68. The Balaban J connectivity index is 2.61. The van der Waals surface area contributed by atoms with Crippen molar-refractivity contribution in [2.75, 3.05) is 13.6 Å². The van der Waals surface area contributed by atoms with Crippen molar-refractivity contribution in [3.05, 3.63) is 36.0 Å². The Morgan fingerprint density at radius 1 is 1.35 bits per heavy atom. The van der Waals surface area contributed by atoms with Gasteiger partial charge in [-0.3, -0.25) is 4.98 Å². The van der Waals surface area contributed by atoms with Crippen LogP contribution in [0.25, 0.3) is 10.9 Å². The fourth-order valence-electron chi connectivity index (χ4n) is 2.13. The number of pyridine rings is 1. The summed E-state index contributed by atoms with van der Waals surface area (Å²) in [4.78, 5) is 4.54. The van der Waals surface area contributed by atoms with Crippen LogP contribution in [0.5, 0.6) is 0 Å². The normalized spacial score (nSPS) is 13.8. The molecule has 0 N–H and O–H groups in total. The zero-order valence-electron chi connectivity index (χ0n) is 11.7. The van der Waals surface area contributed by atoms with Crippen molar-refractivity contribution >= 4 is 32.5 Å². The van der Waals surface area contributed by atoms with Gasteiger partial charge in [-0.25, -0.2) is 8.42 Å². The summed E-state index contributed by atoms with van der Waals surface area (Å²) in [6.07, 6.45) is 1.66. The standard InChI is InChI=1S/C14H17ClN2O2S/c1-10-6-7-13(12-5-4-8-16-14(10)12)20(18,19)17(3)9-11(2)15/h4-8,11H,9H2,1-3H3. The second-order valence-corrected chi connectivity index (χ2v) is 7.60. The number of aryl methyl sites for hydroxylation is 1. The topological polar surface area (TPSA) is 50.3 Å². The van der Waals surface area contributed by atoms with Crippen molar-refractivity contribution in [1.82, 2.24) is 9.29 Å². The van der Waals surface area contributed by atoms with Crippen molar-refractivity contribution in [3.8, 4) is 0 Å². The lowest BCUT2D eigenvalue weighted by Gasteiger charge is -2.19. The molecule has 20 heavy (non-hydrogen) atoms. The largest absolute Gasteiger partial charge is 0.256 e. The van der Waals surface area contributed by atoms with Gasteiger partial charge >= 0.3 is 0 Å². The Morgan fingerprint density at radius 3 is 2.70 bits per heavy atom. The smallest absolute Gasteiger partial charge is 0.243 e. The lowest BCUT2D eigenvalue weighted by molar-refractivity contribution is 0.471. The van der Waals surface area contributed by atoms with Crippen LogP contribution >= 0.6 is 11.6 Å². The number of nitrogens with zero attached hydrogens (tertiary/aromatic N) is 2. The second-order valence-electron chi connectivity index (χ2n) is 4.85. The molecule has 2 aromatic rings. The quantitative estimate of drug-likeness (QED) is 0.816. The third-order valence-corrected chi connectivity index (χ3v) is 5.15. The fourth-order valence-corrected chi connectivity index (χ4v) is 3.86. The highest BCUT2D eigenvalue weighted by molar-refractivity contribution is 7.89. The number of benzene rings is 1. The molecular weight excluding hydrogens is 296 g/mol. The number of alkyl halides is 1. The van der Waals surface area contributed by atoms with Gasteiger partial charge in [-0.1, -0.05) is 6.07 Å². The van der Waals surface area contributed by atoms with E-state index in [-0.39, 0.29) is 16.8 Å². The van der Waals surface area contributed by atoms with E-state index in [0.717, 1.165) is 5.56 Å². The Labute approximate surface area is 124 Å². The van der Waals surface area contributed by atoms with Crippen LogP contribution in [0.4, 0.5) is 0 Å². The summed E-state index contributed by atoms with van der Waals surface area (Å²) in [5, 5.41) is 0.395. The first-order valence-corrected chi connectivity index (χ1v) is 8.16. The molecule has 1 aromatic carbocycles. The van der Waals surface area contributed by atoms with Gasteiger partial charge < -0.3 is 0 Å². The minimum absolute atomic E-state index is 0.246. The van der Waals surface area contributed by atoms with E-state index in [1.54, 1.807) is 37.4 Å². The van der Waals surface area contributed by atoms with E-state index in [2.05, 4.69) is 4.98 Å². The van der Waals surface area contributed by atoms with E-state index in [9.17, 15) is 8.42 Å². The lowest BCUT2D eigenvalue weighted by atomic mass is 10.1. The summed E-state index contributed by atoms with van der Waals surface area (Å²) < 4.78 is 26.5. The molecule has 108 valence electrons. The van der Waals surface area contributed by atoms with E-state index >= 15 is 0 Å². The molecule has 0 saturated heterocycles. The first-order valence-electron chi connectivity index (χ1n) is 6.29. The fraction of sp³-hybridized carbons (Fsp3) is 0.357. The molecule has 2 rings (SSSR count). The SMILES string of the molecule is Cc1ccc(S(=O)(=O)N(C)CC(C)Cl)c2cccnc12. The van der Waals surface area contributed by atoms with Gasteiger partial charge in [0.1, 0.15) is 0 Å². The van der Waals surface area contributed by atoms with Crippen LogP contribution in [0.15, 0.2) is 35.4 Å². The number of aromatic nitrogens is 1. The van der Waals surface area contributed by atoms with Gasteiger partial charge in [0.25, 0.3) is 0 Å². The van der Waals surface area contributed by atoms with Gasteiger partial charge in [0.2, 0.25) is 10.0 Å². The summed E-state index contributed by atoms with van der Waals surface area (Å²) >= 11 is 5.89. The molecule has 6 heteroatoms. The van der Waals surface area contributed by atoms with Crippen molar-refractivity contribution in [2.45, 2.75) is 24.1 Å². The molecular formula is C14H17ClN2O2S. The predicted octanol–water partition coefficient (Wildman–Crippen LogP) is 2.79. The van der Waals surface area contributed by atoms with Crippen molar-refractivity contribution in [2.24, 2.45) is 0 Å². The number of fused-ring (bicyclic) bond motifs is 1. The molecule has 0 amide bonds. The van der Waals surface area contributed by atoms with E-state index in [4.69, 9.17) is 11.6 Å². The maximum absolute atomic E-state index is 12.6. The van der Waals surface area contributed by atoms with Gasteiger partial charge in [0.05, 0.1) is 10.4 Å². The van der Waals surface area contributed by atoms with Crippen LogP contribution in [0.2, 0.25) is 0 Å². The van der Waals surface area contributed by atoms with E-state index < -0.39 is 10.0 Å². The van der Waals surface area contributed by atoms with Crippen molar-refractivity contribution in [3.63, 3.8) is 0 Å². The summed E-state index contributed by atoms with van der Waals surface area (Å²) in [5.74, 6) is 0. The minimum atomic E-state index is -3.57. The molecule has 1 aromatic heterocycles. The van der Waals surface area contributed by atoms with E-state index in [1.807, 2.05) is 6.92 Å². The molecule has 0 fully saturated rings. The van der Waals surface area contributed by atoms with Gasteiger partial charge in [0.15, 0.2) is 0 Å². The maximum atomic E-state index is 12.6. The Kier molecular flexibility index (Phi) is 4.32. The van der Waals surface area contributed by atoms with E-state index in [0.29, 0.717) is 10.9 Å². The Morgan fingerprint density at radius 2 is 2.05 bits per heavy atom. The molecule has 1 atom stereocenters. The molecule has 0 saturated carbocycles. The Bertz CT molecular complexity index is 729. The van der Waals surface area contributed by atoms with Crippen LogP contribution in [0, 0.1) is 6.92 Å². The Hall–Kier alpha value is -1.17. The average molecular weight is 313 g/mol.